The third kappa shape index (κ3) is 3.05. The zero-order valence-electron chi connectivity index (χ0n) is 11.7. The lowest BCUT2D eigenvalue weighted by Crippen LogP contribution is -2.31. The largest absolute Gasteiger partial charge is 0.468 e. The fourth-order valence-electron chi connectivity index (χ4n) is 1.86. The Morgan fingerprint density at radius 1 is 1.33 bits per heavy atom. The number of ether oxygens (including phenoxy) is 4. The highest BCUT2D eigenvalue weighted by molar-refractivity contribution is 5.83. The summed E-state index contributed by atoms with van der Waals surface area (Å²) in [5.41, 5.74) is -1.47. The van der Waals surface area contributed by atoms with Crippen molar-refractivity contribution in [3.63, 3.8) is 0 Å². The summed E-state index contributed by atoms with van der Waals surface area (Å²) in [5.74, 6) is -0.559. The van der Waals surface area contributed by atoms with Crippen LogP contribution in [0.25, 0.3) is 0 Å². The Bertz CT molecular complexity index is 553. The van der Waals surface area contributed by atoms with Crippen molar-refractivity contribution in [3.05, 3.63) is 28.3 Å². The molecule has 8 heteroatoms. The van der Waals surface area contributed by atoms with Crippen LogP contribution in [-0.4, -0.2) is 37.5 Å². The first-order chi connectivity index (χ1) is 10.0. The van der Waals surface area contributed by atoms with Gasteiger partial charge in [0.05, 0.1) is 12.0 Å². The fraction of sp³-hybridized carbons (Fsp3) is 0.462. The van der Waals surface area contributed by atoms with Gasteiger partial charge in [-0.25, -0.2) is 4.79 Å². The summed E-state index contributed by atoms with van der Waals surface area (Å²) in [5, 5.41) is 11.2. The molecule has 0 atom stereocenters. The molecule has 1 fully saturated rings. The minimum absolute atomic E-state index is 0.0139. The standard InChI is InChI=1S/C13H15NO7/c1-18-8-20-9-4-3-5-10(11(9)14(16)17)21-13(6-7-13)12(15)19-2/h3-5H,6-8H2,1-2H3. The van der Waals surface area contributed by atoms with Crippen molar-refractivity contribution >= 4 is 11.7 Å². The molecule has 1 aliphatic carbocycles. The Hall–Kier alpha value is -2.35. The summed E-state index contributed by atoms with van der Waals surface area (Å²) in [4.78, 5) is 22.3. The number of para-hydroxylation sites is 1. The number of carbonyl (C=O) groups is 1. The van der Waals surface area contributed by atoms with Gasteiger partial charge in [0.25, 0.3) is 0 Å². The molecular weight excluding hydrogens is 282 g/mol. The first kappa shape index (κ1) is 15.0. The van der Waals surface area contributed by atoms with Crippen LogP contribution in [0.4, 0.5) is 5.69 Å². The molecule has 0 N–H and O–H groups in total. The summed E-state index contributed by atoms with van der Waals surface area (Å²) in [6.07, 6.45) is 0.917. The molecule has 1 aliphatic rings. The maximum Gasteiger partial charge on any atom is 0.352 e. The van der Waals surface area contributed by atoms with E-state index in [2.05, 4.69) is 4.74 Å². The zero-order valence-corrected chi connectivity index (χ0v) is 11.7. The van der Waals surface area contributed by atoms with Gasteiger partial charge in [0.2, 0.25) is 17.1 Å². The van der Waals surface area contributed by atoms with Crippen LogP contribution in [0.1, 0.15) is 12.8 Å². The highest BCUT2D eigenvalue weighted by atomic mass is 16.7. The predicted octanol–water partition coefficient (Wildman–Crippen LogP) is 1.66. The number of carbonyl (C=O) groups excluding carboxylic acids is 1. The number of hydrogen-bond acceptors (Lipinski definition) is 7. The van der Waals surface area contributed by atoms with Crippen LogP contribution >= 0.6 is 0 Å². The molecule has 1 aromatic carbocycles. The average molecular weight is 297 g/mol. The summed E-state index contributed by atoms with van der Waals surface area (Å²) < 4.78 is 20.1. The SMILES string of the molecule is COCOc1cccc(OC2(C(=O)OC)CC2)c1[N+](=O)[O-]. The molecule has 0 aliphatic heterocycles. The number of hydrogen-bond donors (Lipinski definition) is 0. The van der Waals surface area contributed by atoms with Crippen LogP contribution in [0.3, 0.4) is 0 Å². The van der Waals surface area contributed by atoms with E-state index in [9.17, 15) is 14.9 Å². The lowest BCUT2D eigenvalue weighted by Gasteiger charge is -2.16. The molecule has 0 unspecified atom stereocenters. The van der Waals surface area contributed by atoms with Crippen LogP contribution < -0.4 is 9.47 Å². The minimum Gasteiger partial charge on any atom is -0.468 e. The topological polar surface area (TPSA) is 97.1 Å². The van der Waals surface area contributed by atoms with Crippen molar-refractivity contribution in [1.29, 1.82) is 0 Å². The van der Waals surface area contributed by atoms with E-state index in [1.807, 2.05) is 0 Å². The first-order valence-corrected chi connectivity index (χ1v) is 6.20. The molecule has 0 amide bonds. The van der Waals surface area contributed by atoms with Gasteiger partial charge in [-0.1, -0.05) is 6.07 Å². The van der Waals surface area contributed by atoms with Gasteiger partial charge in [-0.15, -0.1) is 0 Å². The Balaban J connectivity index is 2.31. The van der Waals surface area contributed by atoms with Gasteiger partial charge in [-0.2, -0.15) is 0 Å². The van der Waals surface area contributed by atoms with E-state index in [4.69, 9.17) is 14.2 Å². The van der Waals surface area contributed by atoms with Crippen LogP contribution in [0.2, 0.25) is 0 Å². The number of rotatable bonds is 7. The number of esters is 1. The number of benzene rings is 1. The Kier molecular flexibility index (Phi) is 4.27. The van der Waals surface area contributed by atoms with Crippen molar-refractivity contribution < 1.29 is 28.7 Å². The lowest BCUT2D eigenvalue weighted by molar-refractivity contribution is -0.387. The van der Waals surface area contributed by atoms with E-state index in [1.165, 1.54) is 26.4 Å². The fourth-order valence-corrected chi connectivity index (χ4v) is 1.86. The van der Waals surface area contributed by atoms with E-state index < -0.39 is 16.5 Å². The first-order valence-electron chi connectivity index (χ1n) is 6.20. The average Bonchev–Trinajstić information content (AvgIpc) is 3.24. The van der Waals surface area contributed by atoms with Crippen LogP contribution in [-0.2, 0) is 14.3 Å². The van der Waals surface area contributed by atoms with Gasteiger partial charge in [0.15, 0.2) is 6.79 Å². The second-order valence-corrected chi connectivity index (χ2v) is 4.50. The maximum atomic E-state index is 11.7. The third-order valence-corrected chi connectivity index (χ3v) is 3.04. The highest BCUT2D eigenvalue weighted by Crippen LogP contribution is 2.46. The molecule has 114 valence electrons. The normalized spacial score (nSPS) is 15.1. The van der Waals surface area contributed by atoms with E-state index in [0.717, 1.165) is 0 Å². The van der Waals surface area contributed by atoms with Gasteiger partial charge < -0.3 is 18.9 Å². The molecule has 0 radical (unpaired) electrons. The summed E-state index contributed by atoms with van der Waals surface area (Å²) >= 11 is 0. The molecule has 0 saturated heterocycles. The van der Waals surface area contributed by atoms with Gasteiger partial charge in [-0.3, -0.25) is 10.1 Å². The Morgan fingerprint density at radius 2 is 2.00 bits per heavy atom. The lowest BCUT2D eigenvalue weighted by atomic mass is 10.2. The quantitative estimate of drug-likeness (QED) is 0.327. The van der Waals surface area contributed by atoms with Crippen LogP contribution in [0.5, 0.6) is 11.5 Å². The van der Waals surface area contributed by atoms with Gasteiger partial charge in [-0.05, 0) is 12.1 Å². The monoisotopic (exact) mass is 297 g/mol. The smallest absolute Gasteiger partial charge is 0.352 e. The van der Waals surface area contributed by atoms with Crippen LogP contribution in [0, 0.1) is 10.1 Å². The second-order valence-electron chi connectivity index (χ2n) is 4.50. The van der Waals surface area contributed by atoms with Crippen molar-refractivity contribution in [2.24, 2.45) is 0 Å². The van der Waals surface area contributed by atoms with E-state index in [-0.39, 0.29) is 24.0 Å². The van der Waals surface area contributed by atoms with Crippen molar-refractivity contribution in [2.75, 3.05) is 21.0 Å². The second kappa shape index (κ2) is 5.96. The van der Waals surface area contributed by atoms with Crippen molar-refractivity contribution in [3.8, 4) is 11.5 Å². The molecule has 0 spiro atoms. The summed E-state index contributed by atoms with van der Waals surface area (Å²) in [6.45, 7) is -0.133. The number of nitrogens with zero attached hydrogens (tertiary/aromatic N) is 1. The number of nitro groups is 1. The Labute approximate surface area is 120 Å². The highest BCUT2D eigenvalue weighted by Gasteiger charge is 2.55. The van der Waals surface area contributed by atoms with E-state index >= 15 is 0 Å². The Morgan fingerprint density at radius 3 is 2.52 bits per heavy atom. The minimum atomic E-state index is -1.13. The molecule has 8 nitrogen and oxygen atoms in total. The maximum absolute atomic E-state index is 11.7. The predicted molar refractivity (Wildman–Crippen MR) is 70.2 cm³/mol. The third-order valence-electron chi connectivity index (χ3n) is 3.04. The molecule has 1 aromatic rings. The number of methoxy groups -OCH3 is 2. The summed E-state index contributed by atoms with van der Waals surface area (Å²) in [7, 11) is 2.65. The van der Waals surface area contributed by atoms with Gasteiger partial charge in [0, 0.05) is 20.0 Å². The molecule has 21 heavy (non-hydrogen) atoms. The summed E-state index contributed by atoms with van der Waals surface area (Å²) in [6, 6.07) is 4.39. The molecule has 0 heterocycles. The molecular formula is C13H15NO7. The van der Waals surface area contributed by atoms with Crippen LogP contribution in [0.15, 0.2) is 18.2 Å². The zero-order chi connectivity index (χ0) is 15.5. The number of nitro benzene ring substituents is 1. The molecule has 1 saturated carbocycles. The van der Waals surface area contributed by atoms with E-state index in [1.54, 1.807) is 6.07 Å². The van der Waals surface area contributed by atoms with Crippen molar-refractivity contribution in [1.82, 2.24) is 0 Å². The van der Waals surface area contributed by atoms with Crippen molar-refractivity contribution in [2.45, 2.75) is 18.4 Å². The molecule has 2 rings (SSSR count). The van der Waals surface area contributed by atoms with Gasteiger partial charge in [0.1, 0.15) is 0 Å². The van der Waals surface area contributed by atoms with Gasteiger partial charge >= 0.3 is 11.7 Å². The molecule has 0 bridgehead atoms. The molecule has 0 aromatic heterocycles. The van der Waals surface area contributed by atoms with E-state index in [0.29, 0.717) is 12.8 Å².